The number of hydrogen-bond donors (Lipinski definition) is 1. The minimum atomic E-state index is 0.507. The number of aromatic nitrogens is 2. The molecule has 1 heterocycles. The van der Waals surface area contributed by atoms with Crippen LogP contribution in [0.3, 0.4) is 0 Å². The van der Waals surface area contributed by atoms with E-state index in [1.54, 1.807) is 21.3 Å². The van der Waals surface area contributed by atoms with Gasteiger partial charge in [0.25, 0.3) is 0 Å². The van der Waals surface area contributed by atoms with Gasteiger partial charge in [-0.1, -0.05) is 29.4 Å². The molecule has 0 atom stereocenters. The fourth-order valence-corrected chi connectivity index (χ4v) is 2.79. The third-order valence-corrected chi connectivity index (χ3v) is 4.27. The molecule has 0 saturated heterocycles. The third kappa shape index (κ3) is 4.20. The molecule has 0 aliphatic carbocycles. The van der Waals surface area contributed by atoms with Crippen LogP contribution in [0.15, 0.2) is 40.9 Å². The maximum Gasteiger partial charge on any atom is 0.227 e. The number of nitrogens with zero attached hydrogens (tertiary/aromatic N) is 2. The molecular weight excluding hydrogens is 346 g/mol. The van der Waals surface area contributed by atoms with Gasteiger partial charge < -0.3 is 24.5 Å². The highest BCUT2D eigenvalue weighted by Crippen LogP contribution is 2.38. The van der Waals surface area contributed by atoms with Crippen LogP contribution in [0, 0.1) is 0 Å². The molecule has 0 unspecified atom stereocenters. The summed E-state index contributed by atoms with van der Waals surface area (Å²) in [4.78, 5) is 4.47. The zero-order valence-corrected chi connectivity index (χ0v) is 15.7. The number of rotatable bonds is 8. The lowest BCUT2D eigenvalue weighted by Crippen LogP contribution is -1.98. The second-order valence-electron chi connectivity index (χ2n) is 5.95. The lowest BCUT2D eigenvalue weighted by molar-refractivity contribution is 0.323. The summed E-state index contributed by atoms with van der Waals surface area (Å²) < 4.78 is 21.5. The summed E-state index contributed by atoms with van der Waals surface area (Å²) in [7, 11) is 4.78. The molecule has 0 radical (unpaired) electrons. The molecule has 0 fully saturated rings. The summed E-state index contributed by atoms with van der Waals surface area (Å²) in [6.07, 6.45) is 1.30. The van der Waals surface area contributed by atoms with Gasteiger partial charge in [-0.2, -0.15) is 4.98 Å². The first-order valence-corrected chi connectivity index (χ1v) is 8.59. The summed E-state index contributed by atoms with van der Waals surface area (Å²) in [6, 6.07) is 11.6. The van der Waals surface area contributed by atoms with E-state index in [1.807, 2.05) is 36.4 Å². The highest BCUT2D eigenvalue weighted by molar-refractivity contribution is 5.55. The van der Waals surface area contributed by atoms with E-state index in [1.165, 1.54) is 0 Å². The van der Waals surface area contributed by atoms with E-state index >= 15 is 0 Å². The van der Waals surface area contributed by atoms with Crippen molar-refractivity contribution in [3.63, 3.8) is 0 Å². The van der Waals surface area contributed by atoms with Crippen LogP contribution in [0.4, 0.5) is 0 Å². The topological polar surface area (TPSA) is 92.6 Å². The van der Waals surface area contributed by atoms with Crippen molar-refractivity contribution in [3.8, 4) is 28.6 Å². The molecule has 0 amide bonds. The first-order valence-electron chi connectivity index (χ1n) is 8.59. The maximum absolute atomic E-state index is 5.62. The van der Waals surface area contributed by atoms with Crippen LogP contribution >= 0.6 is 0 Å². The van der Waals surface area contributed by atoms with Gasteiger partial charge in [-0.15, -0.1) is 0 Å². The predicted molar refractivity (Wildman–Crippen MR) is 101 cm³/mol. The van der Waals surface area contributed by atoms with Crippen LogP contribution < -0.4 is 19.9 Å². The zero-order valence-electron chi connectivity index (χ0n) is 15.7. The molecule has 0 aliphatic heterocycles. The van der Waals surface area contributed by atoms with Gasteiger partial charge in [0.15, 0.2) is 11.5 Å². The fourth-order valence-electron chi connectivity index (χ4n) is 2.79. The minimum absolute atomic E-state index is 0.507. The smallest absolute Gasteiger partial charge is 0.227 e. The van der Waals surface area contributed by atoms with E-state index in [2.05, 4.69) is 10.1 Å². The molecule has 0 spiro atoms. The van der Waals surface area contributed by atoms with Gasteiger partial charge in [0.1, 0.15) is 0 Å². The molecule has 0 aliphatic rings. The molecule has 3 rings (SSSR count). The quantitative estimate of drug-likeness (QED) is 0.652. The molecular formula is C20H23N3O4. The van der Waals surface area contributed by atoms with Crippen LogP contribution in [0.2, 0.25) is 0 Å². The van der Waals surface area contributed by atoms with Gasteiger partial charge in [0.2, 0.25) is 17.5 Å². The summed E-state index contributed by atoms with van der Waals surface area (Å²) in [5, 5.41) is 4.06. The van der Waals surface area contributed by atoms with E-state index < -0.39 is 0 Å². The Bertz CT molecular complexity index is 865. The molecule has 27 heavy (non-hydrogen) atoms. The highest BCUT2D eigenvalue weighted by atomic mass is 16.5. The number of methoxy groups -OCH3 is 3. The average Bonchev–Trinajstić information content (AvgIpc) is 3.20. The van der Waals surface area contributed by atoms with Crippen LogP contribution in [-0.2, 0) is 19.4 Å². The standard InChI is InChI=1S/C20H23N3O4/c1-24-16-10-14(11-17(25-2)19(16)26-3)6-9-18-22-20(23-27-18)15-7-4-13(12-21)5-8-15/h4-5,7-8,10-11H,6,9,12,21H2,1-3H3. The molecule has 0 saturated carbocycles. The van der Waals surface area contributed by atoms with Crippen LogP contribution in [0.25, 0.3) is 11.4 Å². The van der Waals surface area contributed by atoms with E-state index in [0.29, 0.717) is 48.4 Å². The average molecular weight is 369 g/mol. The van der Waals surface area contributed by atoms with E-state index in [0.717, 1.165) is 16.7 Å². The number of nitrogens with two attached hydrogens (primary N) is 1. The molecule has 142 valence electrons. The molecule has 2 N–H and O–H groups in total. The predicted octanol–water partition coefficient (Wildman–Crippen LogP) is 3.01. The monoisotopic (exact) mass is 369 g/mol. The van der Waals surface area contributed by atoms with Crippen molar-refractivity contribution >= 4 is 0 Å². The van der Waals surface area contributed by atoms with Gasteiger partial charge >= 0.3 is 0 Å². The minimum Gasteiger partial charge on any atom is -0.493 e. The van der Waals surface area contributed by atoms with Gasteiger partial charge in [-0.05, 0) is 29.7 Å². The Balaban J connectivity index is 1.73. The normalized spacial score (nSPS) is 10.7. The van der Waals surface area contributed by atoms with Crippen LogP contribution in [-0.4, -0.2) is 31.5 Å². The van der Waals surface area contributed by atoms with Crippen molar-refractivity contribution in [2.45, 2.75) is 19.4 Å². The van der Waals surface area contributed by atoms with Crippen molar-refractivity contribution in [1.29, 1.82) is 0 Å². The number of benzene rings is 2. The largest absolute Gasteiger partial charge is 0.493 e. The van der Waals surface area contributed by atoms with Gasteiger partial charge in [0, 0.05) is 18.5 Å². The van der Waals surface area contributed by atoms with Gasteiger partial charge in [-0.3, -0.25) is 0 Å². The molecule has 2 aromatic carbocycles. The third-order valence-electron chi connectivity index (χ3n) is 4.27. The van der Waals surface area contributed by atoms with E-state index in [-0.39, 0.29) is 0 Å². The summed E-state index contributed by atoms with van der Waals surface area (Å²) in [5.41, 5.74) is 8.60. The lowest BCUT2D eigenvalue weighted by atomic mass is 10.1. The second-order valence-corrected chi connectivity index (χ2v) is 5.95. The first-order chi connectivity index (χ1) is 13.2. The Labute approximate surface area is 158 Å². The Morgan fingerprint density at radius 2 is 1.56 bits per heavy atom. The van der Waals surface area contributed by atoms with Crippen molar-refractivity contribution in [2.75, 3.05) is 21.3 Å². The molecule has 3 aromatic rings. The van der Waals surface area contributed by atoms with E-state index in [4.69, 9.17) is 24.5 Å². The van der Waals surface area contributed by atoms with Gasteiger partial charge in [-0.25, -0.2) is 0 Å². The van der Waals surface area contributed by atoms with Crippen molar-refractivity contribution < 1.29 is 18.7 Å². The number of ether oxygens (including phenoxy) is 3. The second kappa shape index (κ2) is 8.55. The van der Waals surface area contributed by atoms with Crippen molar-refractivity contribution in [2.24, 2.45) is 5.73 Å². The zero-order chi connectivity index (χ0) is 19.2. The lowest BCUT2D eigenvalue weighted by Gasteiger charge is -2.13. The van der Waals surface area contributed by atoms with Crippen molar-refractivity contribution in [3.05, 3.63) is 53.4 Å². The molecule has 7 heteroatoms. The maximum atomic E-state index is 5.62. The summed E-state index contributed by atoms with van der Waals surface area (Å²) in [6.45, 7) is 0.507. The number of aryl methyl sites for hydroxylation is 2. The van der Waals surface area contributed by atoms with Crippen LogP contribution in [0.1, 0.15) is 17.0 Å². The summed E-state index contributed by atoms with van der Waals surface area (Å²) in [5.74, 6) is 2.96. The first kappa shape index (κ1) is 18.7. The van der Waals surface area contributed by atoms with Crippen LogP contribution in [0.5, 0.6) is 17.2 Å². The molecule has 0 bridgehead atoms. The fraction of sp³-hybridized carbons (Fsp3) is 0.300. The Hall–Kier alpha value is -3.06. The van der Waals surface area contributed by atoms with Crippen molar-refractivity contribution in [1.82, 2.24) is 10.1 Å². The molecule has 7 nitrogen and oxygen atoms in total. The highest BCUT2D eigenvalue weighted by Gasteiger charge is 2.14. The van der Waals surface area contributed by atoms with Gasteiger partial charge in [0.05, 0.1) is 21.3 Å². The summed E-state index contributed by atoms with van der Waals surface area (Å²) >= 11 is 0. The SMILES string of the molecule is COc1cc(CCc2nc(-c3ccc(CN)cc3)no2)cc(OC)c1OC. The Kier molecular flexibility index (Phi) is 5.93. The van der Waals surface area contributed by atoms with E-state index in [9.17, 15) is 0 Å². The Morgan fingerprint density at radius 1 is 0.889 bits per heavy atom. The number of hydrogen-bond acceptors (Lipinski definition) is 7. The Morgan fingerprint density at radius 3 is 2.11 bits per heavy atom. The molecule has 1 aromatic heterocycles.